The van der Waals surface area contributed by atoms with Gasteiger partial charge in [-0.3, -0.25) is 19.3 Å². The quantitative estimate of drug-likeness (QED) is 0.406. The number of carbonyl (C=O) groups excluding carboxylic acids is 3. The van der Waals surface area contributed by atoms with Crippen molar-refractivity contribution >= 4 is 29.5 Å². The van der Waals surface area contributed by atoms with E-state index in [-0.39, 0.29) is 25.0 Å². The SMILES string of the molecule is CC[C@@H](CO)N1C(=O)[C@@H]2[C@H]3C(=O)OCC=C[C@@]3(C)S[C@@]23C=CCN(CCN2CCOCC2)C(=O)C13. The molecule has 1 N–H and O–H groups in total. The number of nitrogens with zero attached hydrogens (tertiary/aromatic N) is 3. The molecule has 5 aliphatic heterocycles. The van der Waals surface area contributed by atoms with Crippen molar-refractivity contribution in [2.24, 2.45) is 11.8 Å². The van der Waals surface area contributed by atoms with E-state index in [1.807, 2.05) is 43.1 Å². The van der Waals surface area contributed by atoms with Gasteiger partial charge in [-0.1, -0.05) is 25.2 Å². The van der Waals surface area contributed by atoms with Crippen LogP contribution in [-0.2, 0) is 23.9 Å². The van der Waals surface area contributed by atoms with Gasteiger partial charge in [0.05, 0.1) is 42.4 Å². The van der Waals surface area contributed by atoms with Gasteiger partial charge in [0, 0.05) is 37.5 Å². The van der Waals surface area contributed by atoms with E-state index in [0.29, 0.717) is 32.7 Å². The second-order valence-electron chi connectivity index (χ2n) is 10.2. The molecule has 6 atom stereocenters. The molecule has 0 aromatic carbocycles. The summed E-state index contributed by atoms with van der Waals surface area (Å²) in [6, 6.07) is -1.27. The van der Waals surface area contributed by atoms with Crippen molar-refractivity contribution in [1.82, 2.24) is 14.7 Å². The van der Waals surface area contributed by atoms with Crippen LogP contribution in [0.3, 0.4) is 0 Å². The van der Waals surface area contributed by atoms with E-state index in [0.717, 1.165) is 19.6 Å². The zero-order valence-corrected chi connectivity index (χ0v) is 21.2. The number of cyclic esters (lactones) is 1. The maximum absolute atomic E-state index is 14.2. The minimum Gasteiger partial charge on any atom is -0.461 e. The van der Waals surface area contributed by atoms with Gasteiger partial charge in [0.1, 0.15) is 12.6 Å². The molecule has 2 amide bonds. The molecule has 10 heteroatoms. The zero-order chi connectivity index (χ0) is 24.8. The number of morpholine rings is 1. The molecule has 35 heavy (non-hydrogen) atoms. The summed E-state index contributed by atoms with van der Waals surface area (Å²) >= 11 is 1.53. The average molecular weight is 506 g/mol. The van der Waals surface area contributed by atoms with Crippen molar-refractivity contribution in [3.05, 3.63) is 24.3 Å². The Kier molecular flexibility index (Phi) is 6.76. The minimum absolute atomic E-state index is 0.115. The van der Waals surface area contributed by atoms with Crippen molar-refractivity contribution in [3.8, 4) is 0 Å². The Balaban J connectivity index is 1.53. The summed E-state index contributed by atoms with van der Waals surface area (Å²) in [5, 5.41) is 10.2. The Labute approximate surface area is 210 Å². The van der Waals surface area contributed by atoms with Gasteiger partial charge < -0.3 is 24.4 Å². The number of amides is 2. The smallest absolute Gasteiger partial charge is 0.311 e. The van der Waals surface area contributed by atoms with Crippen molar-refractivity contribution in [3.63, 3.8) is 0 Å². The fourth-order valence-electron chi connectivity index (χ4n) is 6.44. The number of rotatable bonds is 6. The van der Waals surface area contributed by atoms with Crippen LogP contribution in [0.4, 0.5) is 0 Å². The Morgan fingerprint density at radius 2 is 1.89 bits per heavy atom. The molecule has 1 spiro atoms. The van der Waals surface area contributed by atoms with Crippen LogP contribution in [0.15, 0.2) is 24.3 Å². The van der Waals surface area contributed by atoms with E-state index in [9.17, 15) is 19.5 Å². The number of aliphatic hydroxyl groups excluding tert-OH is 1. The third kappa shape index (κ3) is 3.93. The Morgan fingerprint density at radius 3 is 2.60 bits per heavy atom. The number of hydrogen-bond acceptors (Lipinski definition) is 8. The normalized spacial score (nSPS) is 38.0. The molecular formula is C25H35N3O6S. The second kappa shape index (κ2) is 9.53. The fourth-order valence-corrected chi connectivity index (χ4v) is 8.58. The highest BCUT2D eigenvalue weighted by atomic mass is 32.2. The van der Waals surface area contributed by atoms with E-state index in [4.69, 9.17) is 9.47 Å². The number of hydrogen-bond donors (Lipinski definition) is 1. The molecule has 0 aliphatic carbocycles. The van der Waals surface area contributed by atoms with Crippen molar-refractivity contribution < 1.29 is 29.0 Å². The minimum atomic E-state index is -0.898. The molecule has 0 aromatic rings. The molecule has 5 rings (SSSR count). The summed E-state index contributed by atoms with van der Waals surface area (Å²) in [7, 11) is 0. The van der Waals surface area contributed by atoms with Gasteiger partial charge in [0.25, 0.3) is 0 Å². The van der Waals surface area contributed by atoms with E-state index >= 15 is 0 Å². The maximum atomic E-state index is 14.2. The molecule has 1 unspecified atom stereocenters. The molecule has 9 nitrogen and oxygen atoms in total. The highest BCUT2D eigenvalue weighted by Gasteiger charge is 2.74. The van der Waals surface area contributed by atoms with E-state index < -0.39 is 39.4 Å². The van der Waals surface area contributed by atoms with Gasteiger partial charge in [-0.25, -0.2) is 0 Å². The number of ether oxygens (including phenoxy) is 2. The molecule has 5 aliphatic rings. The molecule has 0 radical (unpaired) electrons. The van der Waals surface area contributed by atoms with Crippen LogP contribution in [0.1, 0.15) is 20.3 Å². The molecular weight excluding hydrogens is 470 g/mol. The number of aliphatic hydroxyl groups is 1. The number of esters is 1. The van der Waals surface area contributed by atoms with Crippen LogP contribution >= 0.6 is 11.8 Å². The Bertz CT molecular complexity index is 932. The lowest BCUT2D eigenvalue weighted by molar-refractivity contribution is -0.153. The summed E-state index contributed by atoms with van der Waals surface area (Å²) in [6.07, 6.45) is 8.31. The summed E-state index contributed by atoms with van der Waals surface area (Å²) in [5.41, 5.74) is 0. The molecule has 5 heterocycles. The van der Waals surface area contributed by atoms with Gasteiger partial charge in [-0.15, -0.1) is 11.8 Å². The molecule has 192 valence electrons. The fraction of sp³-hybridized carbons (Fsp3) is 0.720. The highest BCUT2D eigenvalue weighted by Crippen LogP contribution is 2.65. The molecule has 3 fully saturated rings. The third-order valence-electron chi connectivity index (χ3n) is 8.20. The monoisotopic (exact) mass is 505 g/mol. The van der Waals surface area contributed by atoms with Gasteiger partial charge in [0.2, 0.25) is 11.8 Å². The Morgan fingerprint density at radius 1 is 1.11 bits per heavy atom. The largest absolute Gasteiger partial charge is 0.461 e. The summed E-state index contributed by atoms with van der Waals surface area (Å²) in [5.74, 6) is -2.17. The van der Waals surface area contributed by atoms with E-state index in [2.05, 4.69) is 4.90 Å². The van der Waals surface area contributed by atoms with Crippen LogP contribution in [0.2, 0.25) is 0 Å². The topological polar surface area (TPSA) is 99.6 Å². The van der Waals surface area contributed by atoms with Gasteiger partial charge in [-0.05, 0) is 19.4 Å². The number of thioether (sulfide) groups is 1. The molecule has 0 saturated carbocycles. The first kappa shape index (κ1) is 24.8. The lowest BCUT2D eigenvalue weighted by Crippen LogP contribution is -2.57. The van der Waals surface area contributed by atoms with Gasteiger partial charge in [-0.2, -0.15) is 0 Å². The number of carbonyl (C=O) groups is 3. The predicted octanol–water partition coefficient (Wildman–Crippen LogP) is 0.288. The van der Waals surface area contributed by atoms with Crippen molar-refractivity contribution in [1.29, 1.82) is 0 Å². The van der Waals surface area contributed by atoms with E-state index in [1.54, 1.807) is 4.90 Å². The first-order valence-corrected chi connectivity index (χ1v) is 13.4. The molecule has 0 aromatic heterocycles. The molecule has 0 bridgehead atoms. The number of likely N-dealkylation sites (tertiary alicyclic amines) is 1. The average Bonchev–Trinajstić information content (AvgIpc) is 3.11. The summed E-state index contributed by atoms with van der Waals surface area (Å²) < 4.78 is 9.33. The summed E-state index contributed by atoms with van der Waals surface area (Å²) in [4.78, 5) is 47.1. The maximum Gasteiger partial charge on any atom is 0.311 e. The second-order valence-corrected chi connectivity index (χ2v) is 12.0. The van der Waals surface area contributed by atoms with Crippen LogP contribution in [-0.4, -0.2) is 118 Å². The highest BCUT2D eigenvalue weighted by molar-refractivity contribution is 8.02. The lowest BCUT2D eigenvalue weighted by Gasteiger charge is -2.39. The van der Waals surface area contributed by atoms with E-state index in [1.165, 1.54) is 11.8 Å². The first-order chi connectivity index (χ1) is 16.9. The van der Waals surface area contributed by atoms with Gasteiger partial charge >= 0.3 is 5.97 Å². The summed E-state index contributed by atoms with van der Waals surface area (Å²) in [6.45, 7) is 8.62. The van der Waals surface area contributed by atoms with Crippen LogP contribution < -0.4 is 0 Å². The first-order valence-electron chi connectivity index (χ1n) is 12.6. The van der Waals surface area contributed by atoms with Crippen molar-refractivity contribution in [2.45, 2.75) is 41.8 Å². The van der Waals surface area contributed by atoms with Crippen LogP contribution in [0.5, 0.6) is 0 Å². The van der Waals surface area contributed by atoms with Crippen LogP contribution in [0, 0.1) is 11.8 Å². The predicted molar refractivity (Wildman–Crippen MR) is 131 cm³/mol. The van der Waals surface area contributed by atoms with Crippen molar-refractivity contribution in [2.75, 3.05) is 59.2 Å². The molecule has 3 saturated heterocycles. The van der Waals surface area contributed by atoms with Crippen LogP contribution in [0.25, 0.3) is 0 Å². The third-order valence-corrected chi connectivity index (χ3v) is 10.00. The standard InChI is InChI=1S/C25H35N3O6S/c1-3-17(16-29)28-20-22(31)27(10-9-26-11-14-33-15-12-26)8-4-7-25(20)18(21(28)30)19-23(32)34-13-5-6-24(19,2)35-25/h4-7,17-20,29H,3,8-16H2,1-2H3/t17-,18-,19-,20?,24+,25-/m0/s1. The number of fused-ring (bicyclic) bond motifs is 2. The van der Waals surface area contributed by atoms with Gasteiger partial charge in [0.15, 0.2) is 0 Å². The lowest BCUT2D eigenvalue weighted by atomic mass is 9.75. The Hall–Kier alpha value is -1.88. The zero-order valence-electron chi connectivity index (χ0n) is 20.4.